The Labute approximate surface area is 107 Å². The zero-order valence-corrected chi connectivity index (χ0v) is 11.0. The van der Waals surface area contributed by atoms with Crippen molar-refractivity contribution in [2.75, 3.05) is 7.05 Å². The van der Waals surface area contributed by atoms with Crippen LogP contribution in [-0.2, 0) is 4.79 Å². The molecule has 1 aliphatic carbocycles. The molecular weight excluding hydrogens is 230 g/mol. The predicted octanol–water partition coefficient (Wildman–Crippen LogP) is 1.49. The first-order chi connectivity index (χ1) is 8.56. The molecule has 1 heterocycles. The van der Waals surface area contributed by atoms with Crippen molar-refractivity contribution in [3.8, 4) is 0 Å². The Bertz CT molecular complexity index is 449. The van der Waals surface area contributed by atoms with Gasteiger partial charge in [0.15, 0.2) is 0 Å². The van der Waals surface area contributed by atoms with Crippen molar-refractivity contribution in [3.05, 3.63) is 23.0 Å². The van der Waals surface area contributed by atoms with Gasteiger partial charge >= 0.3 is 6.03 Å². The Kier molecular flexibility index (Phi) is 3.41. The van der Waals surface area contributed by atoms with Gasteiger partial charge in [-0.05, 0) is 33.1 Å². The van der Waals surface area contributed by atoms with Gasteiger partial charge in [0.05, 0.1) is 0 Å². The van der Waals surface area contributed by atoms with E-state index in [9.17, 15) is 9.59 Å². The zero-order valence-electron chi connectivity index (χ0n) is 11.0. The second-order valence-electron chi connectivity index (χ2n) is 4.81. The number of nitrogens with one attached hydrogen (secondary N) is 2. The summed E-state index contributed by atoms with van der Waals surface area (Å²) in [4.78, 5) is 25.5. The number of carbonyl (C=O) groups excluding carboxylic acids is 2. The van der Waals surface area contributed by atoms with Crippen molar-refractivity contribution in [2.45, 2.75) is 39.2 Å². The van der Waals surface area contributed by atoms with E-state index in [-0.39, 0.29) is 18.0 Å². The summed E-state index contributed by atoms with van der Waals surface area (Å²) in [6.07, 6.45) is 4.95. The highest BCUT2D eigenvalue weighted by molar-refractivity contribution is 6.03. The van der Waals surface area contributed by atoms with Crippen molar-refractivity contribution in [1.29, 1.82) is 0 Å². The lowest BCUT2D eigenvalue weighted by molar-refractivity contribution is -0.125. The van der Waals surface area contributed by atoms with Gasteiger partial charge in [-0.3, -0.25) is 4.79 Å². The zero-order chi connectivity index (χ0) is 13.3. The third-order valence-corrected chi connectivity index (χ3v) is 3.25. The lowest BCUT2D eigenvalue weighted by atomic mass is 9.98. The quantitative estimate of drug-likeness (QED) is 0.779. The van der Waals surface area contributed by atoms with E-state index in [0.29, 0.717) is 5.70 Å². The number of nitrogens with zero attached hydrogens (tertiary/aromatic N) is 1. The van der Waals surface area contributed by atoms with E-state index < -0.39 is 0 Å². The molecule has 0 aromatic heterocycles. The molecule has 1 aliphatic heterocycles. The van der Waals surface area contributed by atoms with Gasteiger partial charge < -0.3 is 15.5 Å². The molecule has 98 valence electrons. The van der Waals surface area contributed by atoms with Crippen LogP contribution in [-0.4, -0.2) is 29.9 Å². The number of hydrogen-bond acceptors (Lipinski definition) is 2. The number of fused-ring (bicyclic) bond motifs is 1. The Balaban J connectivity index is 2.37. The molecule has 0 bridgehead atoms. The number of carbonyl (C=O) groups is 2. The van der Waals surface area contributed by atoms with E-state index in [1.165, 1.54) is 7.05 Å². The minimum atomic E-state index is -0.346. The smallest absolute Gasteiger partial charge is 0.319 e. The largest absolute Gasteiger partial charge is 0.341 e. The molecule has 0 saturated carbocycles. The van der Waals surface area contributed by atoms with Crippen LogP contribution in [0.2, 0.25) is 0 Å². The minimum absolute atomic E-state index is 0.0980. The predicted molar refractivity (Wildman–Crippen MR) is 68.5 cm³/mol. The molecule has 0 fully saturated rings. The summed E-state index contributed by atoms with van der Waals surface area (Å²) < 4.78 is 0. The van der Waals surface area contributed by atoms with Crippen LogP contribution in [0.4, 0.5) is 4.79 Å². The van der Waals surface area contributed by atoms with Crippen molar-refractivity contribution in [3.63, 3.8) is 0 Å². The Morgan fingerprint density at radius 1 is 1.44 bits per heavy atom. The van der Waals surface area contributed by atoms with Gasteiger partial charge in [-0.15, -0.1) is 0 Å². The van der Waals surface area contributed by atoms with Crippen molar-refractivity contribution < 1.29 is 9.59 Å². The second-order valence-corrected chi connectivity index (χ2v) is 4.81. The lowest BCUT2D eigenvalue weighted by Gasteiger charge is -2.25. The first-order valence-electron chi connectivity index (χ1n) is 6.32. The highest BCUT2D eigenvalue weighted by Crippen LogP contribution is 2.36. The molecule has 0 radical (unpaired) electrons. The fraction of sp³-hybridized carbons (Fsp3) is 0.538. The average molecular weight is 249 g/mol. The van der Waals surface area contributed by atoms with E-state index in [4.69, 9.17) is 0 Å². The molecule has 2 N–H and O–H groups in total. The topological polar surface area (TPSA) is 61.4 Å². The molecule has 5 heteroatoms. The van der Waals surface area contributed by atoms with Gasteiger partial charge in [0.2, 0.25) is 0 Å². The summed E-state index contributed by atoms with van der Waals surface area (Å²) in [5.74, 6) is -0.100. The van der Waals surface area contributed by atoms with E-state index in [0.717, 1.165) is 30.5 Å². The number of urea groups is 1. The summed E-state index contributed by atoms with van der Waals surface area (Å²) in [5, 5.41) is 5.14. The molecular formula is C13H19N3O2. The molecule has 2 aliphatic rings. The van der Waals surface area contributed by atoms with Crippen LogP contribution in [0.1, 0.15) is 33.1 Å². The molecule has 0 unspecified atom stereocenters. The summed E-state index contributed by atoms with van der Waals surface area (Å²) in [6, 6.07) is -0.248. The van der Waals surface area contributed by atoms with Crippen LogP contribution in [0.25, 0.3) is 0 Å². The first kappa shape index (κ1) is 12.7. The third-order valence-electron chi connectivity index (χ3n) is 3.25. The van der Waals surface area contributed by atoms with Crippen molar-refractivity contribution >= 4 is 11.9 Å². The average Bonchev–Trinajstić information content (AvgIpc) is 2.62. The fourth-order valence-electron chi connectivity index (χ4n) is 2.44. The third kappa shape index (κ3) is 2.00. The Hall–Kier alpha value is -1.78. The molecule has 2 rings (SSSR count). The van der Waals surface area contributed by atoms with Gasteiger partial charge in [-0.1, -0.05) is 6.08 Å². The van der Waals surface area contributed by atoms with Crippen molar-refractivity contribution in [2.24, 2.45) is 0 Å². The monoisotopic (exact) mass is 249 g/mol. The van der Waals surface area contributed by atoms with E-state index in [1.807, 2.05) is 13.8 Å². The second kappa shape index (κ2) is 4.84. The van der Waals surface area contributed by atoms with Crippen LogP contribution in [0.15, 0.2) is 23.0 Å². The normalized spacial score (nSPS) is 19.0. The van der Waals surface area contributed by atoms with Crippen molar-refractivity contribution in [1.82, 2.24) is 15.5 Å². The number of allylic oxidation sites excluding steroid dienone is 2. The molecule has 5 nitrogen and oxygen atoms in total. The summed E-state index contributed by atoms with van der Waals surface area (Å²) >= 11 is 0. The molecule has 0 aromatic rings. The molecule has 0 spiro atoms. The molecule has 18 heavy (non-hydrogen) atoms. The van der Waals surface area contributed by atoms with Crippen LogP contribution in [0.5, 0.6) is 0 Å². The fourth-order valence-corrected chi connectivity index (χ4v) is 2.44. The van der Waals surface area contributed by atoms with Gasteiger partial charge in [0.1, 0.15) is 5.70 Å². The number of hydrogen-bond donors (Lipinski definition) is 2. The van der Waals surface area contributed by atoms with Gasteiger partial charge in [-0.2, -0.15) is 0 Å². The molecule has 0 aromatic carbocycles. The maximum Gasteiger partial charge on any atom is 0.319 e. The van der Waals surface area contributed by atoms with Crippen LogP contribution in [0, 0.1) is 0 Å². The molecule has 0 atom stereocenters. The first-order valence-corrected chi connectivity index (χ1v) is 6.32. The van der Waals surface area contributed by atoms with Crippen LogP contribution in [0.3, 0.4) is 0 Å². The highest BCUT2D eigenvalue weighted by atomic mass is 16.2. The van der Waals surface area contributed by atoms with E-state index in [2.05, 4.69) is 16.7 Å². The van der Waals surface area contributed by atoms with Gasteiger partial charge in [0, 0.05) is 24.4 Å². The van der Waals surface area contributed by atoms with Crippen LogP contribution >= 0.6 is 0 Å². The maximum atomic E-state index is 12.3. The SMILES string of the molecule is CNC(=O)NC1=C2CCCC=C2N(C(C)C)C1=O. The maximum absolute atomic E-state index is 12.3. The summed E-state index contributed by atoms with van der Waals surface area (Å²) in [5.41, 5.74) is 2.39. The standard InChI is InChI=1S/C13H19N3O2/c1-8(2)16-10-7-5-4-6-9(10)11(12(16)17)15-13(18)14-3/h7-8H,4-6H2,1-3H3,(H2,14,15,18). The molecule has 0 saturated heterocycles. The minimum Gasteiger partial charge on any atom is -0.341 e. The molecule has 3 amide bonds. The Morgan fingerprint density at radius 3 is 2.78 bits per heavy atom. The summed E-state index contributed by atoms with van der Waals surface area (Å²) in [7, 11) is 1.54. The van der Waals surface area contributed by atoms with Gasteiger partial charge in [-0.25, -0.2) is 4.79 Å². The lowest BCUT2D eigenvalue weighted by Crippen LogP contribution is -2.39. The summed E-state index contributed by atoms with van der Waals surface area (Å²) in [6.45, 7) is 3.96. The van der Waals surface area contributed by atoms with Gasteiger partial charge in [0.25, 0.3) is 5.91 Å². The number of amides is 3. The van der Waals surface area contributed by atoms with Crippen LogP contribution < -0.4 is 10.6 Å². The Morgan fingerprint density at radius 2 is 2.17 bits per heavy atom. The van der Waals surface area contributed by atoms with E-state index in [1.54, 1.807) is 4.90 Å². The highest BCUT2D eigenvalue weighted by Gasteiger charge is 2.37. The van der Waals surface area contributed by atoms with E-state index >= 15 is 0 Å². The number of rotatable bonds is 2.